The molecule has 2 heterocycles. The number of ketones is 1. The topological polar surface area (TPSA) is 106 Å². The Morgan fingerprint density at radius 3 is 2.34 bits per heavy atom. The fraction of sp³-hybridized carbons (Fsp3) is 0.292. The number of piperazine rings is 1. The zero-order valence-corrected chi connectivity index (χ0v) is 18.1. The molecule has 1 unspecified atom stereocenters. The number of nitrogens with zero attached hydrogens (tertiary/aromatic N) is 2. The minimum Gasteiger partial charge on any atom is -0.475 e. The number of rotatable bonds is 6. The summed E-state index contributed by atoms with van der Waals surface area (Å²) in [6.07, 6.45) is 0. The van der Waals surface area contributed by atoms with Crippen molar-refractivity contribution in [2.24, 2.45) is 0 Å². The number of amides is 1. The number of nitrogens with one attached hydrogen (secondary N) is 2. The molecule has 2 aromatic carbocycles. The summed E-state index contributed by atoms with van der Waals surface area (Å²) in [7, 11) is 1.52. The van der Waals surface area contributed by atoms with Crippen LogP contribution in [0.1, 0.15) is 39.2 Å². The molecule has 1 aliphatic heterocycles. The van der Waals surface area contributed by atoms with Crippen molar-refractivity contribution >= 4 is 34.4 Å². The van der Waals surface area contributed by atoms with Crippen molar-refractivity contribution in [1.82, 2.24) is 15.2 Å². The molecule has 0 aliphatic carbocycles. The van der Waals surface area contributed by atoms with E-state index in [4.69, 9.17) is 0 Å². The number of carbonyl (C=O) groups excluding carboxylic acids is 2. The predicted molar refractivity (Wildman–Crippen MR) is 122 cm³/mol. The first kappa shape index (κ1) is 21.6. The van der Waals surface area contributed by atoms with Crippen molar-refractivity contribution in [2.45, 2.75) is 13.0 Å². The summed E-state index contributed by atoms with van der Waals surface area (Å²) in [5.41, 5.74) is 2.33. The molecule has 8 nitrogen and oxygen atoms in total. The van der Waals surface area contributed by atoms with Gasteiger partial charge in [-0.2, -0.15) is 0 Å². The van der Waals surface area contributed by atoms with Crippen LogP contribution < -0.4 is 10.2 Å². The van der Waals surface area contributed by atoms with Crippen LogP contribution in [0.3, 0.4) is 0 Å². The normalized spacial score (nSPS) is 15.5. The first-order valence-corrected chi connectivity index (χ1v) is 10.6. The highest BCUT2D eigenvalue weighted by Crippen LogP contribution is 2.32. The highest BCUT2D eigenvalue weighted by molar-refractivity contribution is 6.43. The van der Waals surface area contributed by atoms with E-state index in [1.54, 1.807) is 18.2 Å². The Labute approximate surface area is 185 Å². The van der Waals surface area contributed by atoms with E-state index in [0.717, 1.165) is 13.1 Å². The lowest BCUT2D eigenvalue weighted by atomic mass is 10.0. The number of carboxylic acids is 1. The van der Waals surface area contributed by atoms with Crippen LogP contribution in [-0.4, -0.2) is 65.9 Å². The van der Waals surface area contributed by atoms with Crippen LogP contribution in [0.4, 0.5) is 5.82 Å². The number of Topliss-reactive ketones (excluding diaryl/α,β-unsaturated/α-hetero) is 1. The molecule has 1 aromatic heterocycles. The largest absolute Gasteiger partial charge is 0.475 e. The number of hydrogen-bond acceptors (Lipinski definition) is 5. The Bertz CT molecular complexity index is 1160. The lowest BCUT2D eigenvalue weighted by molar-refractivity contribution is -0.131. The van der Waals surface area contributed by atoms with Crippen LogP contribution >= 0.6 is 0 Å². The van der Waals surface area contributed by atoms with E-state index in [1.165, 1.54) is 12.6 Å². The van der Waals surface area contributed by atoms with E-state index in [-0.39, 0.29) is 17.5 Å². The molecule has 32 heavy (non-hydrogen) atoms. The van der Waals surface area contributed by atoms with Crippen LogP contribution in [0, 0.1) is 0 Å². The number of aromatic amines is 1. The summed E-state index contributed by atoms with van der Waals surface area (Å²) in [5.74, 6) is -2.31. The molecule has 1 saturated heterocycles. The molecule has 1 atom stereocenters. The second-order valence-corrected chi connectivity index (χ2v) is 7.93. The number of aromatic nitrogens is 1. The van der Waals surface area contributed by atoms with Crippen LogP contribution in [0.5, 0.6) is 0 Å². The van der Waals surface area contributed by atoms with Crippen LogP contribution in [0.25, 0.3) is 10.9 Å². The summed E-state index contributed by atoms with van der Waals surface area (Å²) in [6, 6.07) is 15.5. The lowest BCUT2D eigenvalue weighted by Gasteiger charge is -2.39. The third-order valence-electron chi connectivity index (χ3n) is 6.15. The zero-order chi connectivity index (χ0) is 22.8. The summed E-state index contributed by atoms with van der Waals surface area (Å²) in [4.78, 5) is 43.9. The predicted octanol–water partition coefficient (Wildman–Crippen LogP) is 2.68. The highest BCUT2D eigenvalue weighted by Gasteiger charge is 2.30. The average molecular weight is 434 g/mol. The molecule has 4 rings (SSSR count). The molecule has 0 bridgehead atoms. The van der Waals surface area contributed by atoms with Crippen LogP contribution in [0.15, 0.2) is 48.5 Å². The van der Waals surface area contributed by atoms with Crippen molar-refractivity contribution in [2.75, 3.05) is 38.1 Å². The quantitative estimate of drug-likeness (QED) is 0.407. The first-order chi connectivity index (χ1) is 15.4. The molecule has 166 valence electrons. The standard InChI is InChI=1S/C24H26N4O4/c1-15(16-6-4-3-5-7-16)27-10-12-28(13-11-27)22-20(21(29)24(31)32)18-14-17(23(30)25-2)8-9-19(18)26-22/h3-9,14-15,26H,10-13H2,1-2H3,(H,25,30)(H,31,32). The number of hydrogen-bond donors (Lipinski definition) is 3. The van der Waals surface area contributed by atoms with Gasteiger partial charge in [0.1, 0.15) is 5.82 Å². The first-order valence-electron chi connectivity index (χ1n) is 10.6. The number of fused-ring (bicyclic) bond motifs is 1. The van der Waals surface area contributed by atoms with E-state index < -0.39 is 11.8 Å². The Morgan fingerprint density at radius 2 is 1.72 bits per heavy atom. The fourth-order valence-electron chi connectivity index (χ4n) is 4.31. The smallest absolute Gasteiger partial charge is 0.377 e. The number of aliphatic carboxylic acids is 1. The van der Waals surface area contributed by atoms with Crippen molar-refractivity contribution in [3.05, 3.63) is 65.2 Å². The van der Waals surface area contributed by atoms with Gasteiger partial charge in [0.2, 0.25) is 0 Å². The lowest BCUT2D eigenvalue weighted by Crippen LogP contribution is -2.47. The maximum atomic E-state index is 12.6. The molecule has 0 saturated carbocycles. The van der Waals surface area contributed by atoms with Gasteiger partial charge >= 0.3 is 5.97 Å². The minimum absolute atomic E-state index is 0.0998. The molecular weight excluding hydrogens is 408 g/mol. The van der Waals surface area contributed by atoms with Crippen molar-refractivity contribution in [3.8, 4) is 0 Å². The molecule has 0 radical (unpaired) electrons. The van der Waals surface area contributed by atoms with Crippen LogP contribution in [0.2, 0.25) is 0 Å². The van der Waals surface area contributed by atoms with Crippen molar-refractivity contribution in [1.29, 1.82) is 0 Å². The summed E-state index contributed by atoms with van der Waals surface area (Å²) in [6.45, 7) is 5.01. The third-order valence-corrected chi connectivity index (χ3v) is 6.15. The van der Waals surface area contributed by atoms with E-state index in [1.807, 2.05) is 23.1 Å². The second kappa shape index (κ2) is 8.84. The van der Waals surface area contributed by atoms with Gasteiger partial charge in [0.05, 0.1) is 5.56 Å². The second-order valence-electron chi connectivity index (χ2n) is 7.93. The Kier molecular flexibility index (Phi) is 5.96. The molecule has 0 spiro atoms. The van der Waals surface area contributed by atoms with E-state index in [0.29, 0.717) is 35.4 Å². The van der Waals surface area contributed by atoms with Gasteiger partial charge in [-0.05, 0) is 30.7 Å². The van der Waals surface area contributed by atoms with Gasteiger partial charge in [-0.3, -0.25) is 14.5 Å². The van der Waals surface area contributed by atoms with Gasteiger partial charge in [-0.1, -0.05) is 30.3 Å². The Hall–Kier alpha value is -3.65. The van der Waals surface area contributed by atoms with Crippen LogP contribution in [-0.2, 0) is 4.79 Å². The van der Waals surface area contributed by atoms with Gasteiger partial charge in [0.25, 0.3) is 11.7 Å². The number of benzene rings is 2. The number of anilines is 1. The molecule has 1 amide bonds. The van der Waals surface area contributed by atoms with Gasteiger partial charge in [0.15, 0.2) is 0 Å². The summed E-state index contributed by atoms with van der Waals surface area (Å²) in [5, 5.41) is 12.4. The van der Waals surface area contributed by atoms with Crippen molar-refractivity contribution in [3.63, 3.8) is 0 Å². The average Bonchev–Trinajstić information content (AvgIpc) is 3.21. The summed E-state index contributed by atoms with van der Waals surface area (Å²) < 4.78 is 0. The van der Waals surface area contributed by atoms with E-state index in [9.17, 15) is 19.5 Å². The SMILES string of the molecule is CNC(=O)c1ccc2[nH]c(N3CCN(C(C)c4ccccc4)CC3)c(C(=O)C(=O)O)c2c1. The maximum absolute atomic E-state index is 12.6. The summed E-state index contributed by atoms with van der Waals surface area (Å²) >= 11 is 0. The fourth-order valence-corrected chi connectivity index (χ4v) is 4.31. The Balaban J connectivity index is 1.64. The molecule has 3 N–H and O–H groups in total. The maximum Gasteiger partial charge on any atom is 0.377 e. The molecule has 8 heteroatoms. The van der Waals surface area contributed by atoms with Gasteiger partial charge in [0, 0.05) is 55.7 Å². The Morgan fingerprint density at radius 1 is 1.03 bits per heavy atom. The molecule has 1 fully saturated rings. The third kappa shape index (κ3) is 3.97. The number of H-pyrrole nitrogens is 1. The van der Waals surface area contributed by atoms with E-state index in [2.05, 4.69) is 34.3 Å². The van der Waals surface area contributed by atoms with Crippen molar-refractivity contribution < 1.29 is 19.5 Å². The molecule has 3 aromatic rings. The zero-order valence-electron chi connectivity index (χ0n) is 18.1. The van der Waals surface area contributed by atoms with Gasteiger partial charge < -0.3 is 20.3 Å². The molecular formula is C24H26N4O4. The minimum atomic E-state index is -1.52. The molecule has 1 aliphatic rings. The van der Waals surface area contributed by atoms with Gasteiger partial charge in [-0.15, -0.1) is 0 Å². The highest BCUT2D eigenvalue weighted by atomic mass is 16.4. The number of carbonyl (C=O) groups is 3. The van der Waals surface area contributed by atoms with Gasteiger partial charge in [-0.25, -0.2) is 4.79 Å². The number of carboxylic acid groups (broad SMARTS) is 1. The van der Waals surface area contributed by atoms with E-state index >= 15 is 0 Å². The monoisotopic (exact) mass is 434 g/mol.